The van der Waals surface area contributed by atoms with E-state index in [4.69, 9.17) is 0 Å². The third-order valence-electron chi connectivity index (χ3n) is 6.09. The Morgan fingerprint density at radius 2 is 2.03 bits per heavy atom. The number of rotatable bonds is 3. The van der Waals surface area contributed by atoms with E-state index in [0.29, 0.717) is 29.9 Å². The van der Waals surface area contributed by atoms with Gasteiger partial charge in [-0.15, -0.1) is 10.2 Å². The summed E-state index contributed by atoms with van der Waals surface area (Å²) in [7, 11) is 1.87. The fraction of sp³-hybridized carbons (Fsp3) is 0.381. The Morgan fingerprint density at radius 1 is 1.17 bits per heavy atom. The fourth-order valence-electron chi connectivity index (χ4n) is 4.50. The van der Waals surface area contributed by atoms with Crippen molar-refractivity contribution in [1.82, 2.24) is 20.5 Å². The van der Waals surface area contributed by atoms with Crippen LogP contribution in [0, 0.1) is 0 Å². The van der Waals surface area contributed by atoms with Gasteiger partial charge in [0.15, 0.2) is 5.82 Å². The van der Waals surface area contributed by atoms with E-state index in [1.54, 1.807) is 24.4 Å². The number of aromatic hydroxyl groups is 1. The van der Waals surface area contributed by atoms with Crippen molar-refractivity contribution in [3.8, 4) is 17.0 Å². The van der Waals surface area contributed by atoms with Crippen LogP contribution in [0.2, 0.25) is 0 Å². The fourth-order valence-corrected chi connectivity index (χ4v) is 4.50. The molecule has 0 spiro atoms. The highest BCUT2D eigenvalue weighted by atomic mass is 19.3. The zero-order valence-electron chi connectivity index (χ0n) is 15.9. The highest BCUT2D eigenvalue weighted by molar-refractivity contribution is 5.87. The number of hydrogen-bond acceptors (Lipinski definition) is 6. The normalized spacial score (nSPS) is 25.3. The minimum atomic E-state index is -2.64. The van der Waals surface area contributed by atoms with Crippen molar-refractivity contribution in [2.75, 3.05) is 11.9 Å². The van der Waals surface area contributed by atoms with Crippen molar-refractivity contribution in [2.24, 2.45) is 0 Å². The molecule has 0 aliphatic carbocycles. The molecule has 2 unspecified atom stereocenters. The highest BCUT2D eigenvalue weighted by Gasteiger charge is 2.53. The summed E-state index contributed by atoms with van der Waals surface area (Å²) in [4.78, 5) is 6.24. The molecule has 2 N–H and O–H groups in total. The summed E-state index contributed by atoms with van der Waals surface area (Å²) in [5.74, 6) is -1.91. The summed E-state index contributed by atoms with van der Waals surface area (Å²) in [6.45, 7) is 0. The van der Waals surface area contributed by atoms with Gasteiger partial charge < -0.3 is 15.3 Å². The molecule has 150 valence electrons. The molecule has 0 saturated carbocycles. The minimum absolute atomic E-state index is 0.0157. The number of nitrogens with one attached hydrogen (secondary N) is 1. The lowest BCUT2D eigenvalue weighted by Gasteiger charge is -2.36. The van der Waals surface area contributed by atoms with Gasteiger partial charge in [-0.1, -0.05) is 6.07 Å². The lowest BCUT2D eigenvalue weighted by Crippen LogP contribution is -2.49. The third kappa shape index (κ3) is 3.17. The quantitative estimate of drug-likeness (QED) is 0.706. The van der Waals surface area contributed by atoms with Crippen LogP contribution in [0.4, 0.5) is 14.6 Å². The lowest BCUT2D eigenvalue weighted by molar-refractivity contribution is -0.0128. The molecule has 2 fully saturated rings. The van der Waals surface area contributed by atoms with Crippen LogP contribution < -0.4 is 10.2 Å². The van der Waals surface area contributed by atoms with E-state index in [0.717, 1.165) is 10.9 Å². The molecule has 2 saturated heterocycles. The van der Waals surface area contributed by atoms with Gasteiger partial charge in [-0.3, -0.25) is 4.98 Å². The lowest BCUT2D eigenvalue weighted by atomic mass is 9.98. The standard InChI is InChI=1S/C21H21F2N5O/c1-28(14-8-13-11-21(22,23)19(9-14)25-13)20-5-4-16(26-27-20)15-10-17-12(7-18(15)29)3-2-6-24-17/h2-7,10,13-14,19,25,29H,8-9,11H2,1H3/t13?,14-,19?/m1/s1. The van der Waals surface area contributed by atoms with Crippen LogP contribution in [0.1, 0.15) is 19.3 Å². The van der Waals surface area contributed by atoms with Crippen LogP contribution in [0.5, 0.6) is 5.75 Å². The monoisotopic (exact) mass is 397 g/mol. The van der Waals surface area contributed by atoms with Crippen molar-refractivity contribution < 1.29 is 13.9 Å². The average molecular weight is 397 g/mol. The van der Waals surface area contributed by atoms with Gasteiger partial charge in [0, 0.05) is 42.7 Å². The molecule has 2 aliphatic rings. The maximum Gasteiger partial charge on any atom is 0.264 e. The zero-order valence-corrected chi connectivity index (χ0v) is 15.9. The van der Waals surface area contributed by atoms with Gasteiger partial charge in [-0.2, -0.15) is 0 Å². The molecular formula is C21H21F2N5O. The van der Waals surface area contributed by atoms with Gasteiger partial charge in [0.2, 0.25) is 0 Å². The van der Waals surface area contributed by atoms with Gasteiger partial charge in [0.25, 0.3) is 5.92 Å². The van der Waals surface area contributed by atoms with Crippen molar-refractivity contribution in [3.63, 3.8) is 0 Å². The summed E-state index contributed by atoms with van der Waals surface area (Å²) < 4.78 is 28.0. The van der Waals surface area contributed by atoms with Gasteiger partial charge >= 0.3 is 0 Å². The number of phenols is 1. The van der Waals surface area contributed by atoms with Gasteiger partial charge in [-0.25, -0.2) is 8.78 Å². The number of pyridine rings is 1. The van der Waals surface area contributed by atoms with E-state index in [-0.39, 0.29) is 24.3 Å². The van der Waals surface area contributed by atoms with E-state index >= 15 is 0 Å². The second-order valence-corrected chi connectivity index (χ2v) is 7.96. The maximum absolute atomic E-state index is 14.0. The summed E-state index contributed by atoms with van der Waals surface area (Å²) >= 11 is 0. The first kappa shape index (κ1) is 18.2. The largest absolute Gasteiger partial charge is 0.507 e. The number of benzene rings is 1. The topological polar surface area (TPSA) is 74.2 Å². The molecule has 5 rings (SSSR count). The molecule has 2 aliphatic heterocycles. The molecule has 3 aromatic rings. The Kier molecular flexibility index (Phi) is 4.13. The third-order valence-corrected chi connectivity index (χ3v) is 6.09. The number of piperidine rings is 1. The van der Waals surface area contributed by atoms with Crippen LogP contribution >= 0.6 is 0 Å². The maximum atomic E-state index is 14.0. The Balaban J connectivity index is 1.39. The van der Waals surface area contributed by atoms with Crippen LogP contribution in [0.25, 0.3) is 22.2 Å². The van der Waals surface area contributed by atoms with Crippen LogP contribution in [-0.2, 0) is 0 Å². The van der Waals surface area contributed by atoms with E-state index in [1.165, 1.54) is 0 Å². The number of aromatic nitrogens is 3. The van der Waals surface area contributed by atoms with E-state index in [1.807, 2.05) is 30.1 Å². The molecule has 0 radical (unpaired) electrons. The first-order chi connectivity index (χ1) is 13.9. The Bertz CT molecular complexity index is 1060. The minimum Gasteiger partial charge on any atom is -0.507 e. The number of alkyl halides is 2. The van der Waals surface area contributed by atoms with E-state index < -0.39 is 12.0 Å². The molecule has 8 heteroatoms. The second-order valence-electron chi connectivity index (χ2n) is 7.96. The SMILES string of the molecule is CN(c1ccc(-c2cc3ncccc3cc2O)nn1)[C@@H]1CC2CC(F)(F)C(C1)N2. The number of anilines is 1. The number of nitrogens with zero attached hydrogens (tertiary/aromatic N) is 4. The Morgan fingerprint density at radius 3 is 2.79 bits per heavy atom. The number of halogens is 2. The summed E-state index contributed by atoms with van der Waals surface area (Å²) in [5.41, 5.74) is 1.84. The first-order valence-electron chi connectivity index (χ1n) is 9.69. The molecule has 29 heavy (non-hydrogen) atoms. The van der Waals surface area contributed by atoms with E-state index in [9.17, 15) is 13.9 Å². The molecule has 4 heterocycles. The molecule has 2 aromatic heterocycles. The van der Waals surface area contributed by atoms with Crippen LogP contribution in [0.3, 0.4) is 0 Å². The molecule has 2 bridgehead atoms. The highest BCUT2D eigenvalue weighted by Crippen LogP contribution is 2.40. The number of phenolic OH excluding ortho intramolecular Hbond substituents is 1. The average Bonchev–Trinajstić information content (AvgIpc) is 2.93. The Labute approximate surface area is 166 Å². The smallest absolute Gasteiger partial charge is 0.264 e. The number of hydrogen-bond donors (Lipinski definition) is 2. The Hall–Kier alpha value is -2.87. The molecule has 0 amide bonds. The van der Waals surface area contributed by atoms with Crippen molar-refractivity contribution in [2.45, 2.75) is 43.3 Å². The van der Waals surface area contributed by atoms with E-state index in [2.05, 4.69) is 20.5 Å². The van der Waals surface area contributed by atoms with Crippen LogP contribution in [0.15, 0.2) is 42.6 Å². The van der Waals surface area contributed by atoms with Crippen molar-refractivity contribution >= 4 is 16.7 Å². The molecule has 1 aromatic carbocycles. The summed E-state index contributed by atoms with van der Waals surface area (Å²) in [6.07, 6.45) is 2.63. The zero-order chi connectivity index (χ0) is 20.2. The van der Waals surface area contributed by atoms with Crippen LogP contribution in [-0.4, -0.2) is 51.4 Å². The number of fused-ring (bicyclic) bond motifs is 3. The summed E-state index contributed by atoms with van der Waals surface area (Å²) in [5, 5.41) is 22.8. The predicted molar refractivity (Wildman–Crippen MR) is 106 cm³/mol. The predicted octanol–water partition coefficient (Wildman–Crippen LogP) is 3.36. The van der Waals surface area contributed by atoms with Crippen molar-refractivity contribution in [3.05, 3.63) is 42.6 Å². The van der Waals surface area contributed by atoms with Gasteiger partial charge in [-0.05, 0) is 43.2 Å². The van der Waals surface area contributed by atoms with Crippen molar-refractivity contribution in [1.29, 1.82) is 0 Å². The first-order valence-corrected chi connectivity index (χ1v) is 9.69. The molecule has 3 atom stereocenters. The van der Waals surface area contributed by atoms with Gasteiger partial charge in [0.1, 0.15) is 5.75 Å². The molecular weight excluding hydrogens is 376 g/mol. The second kappa shape index (κ2) is 6.59. The molecule has 6 nitrogen and oxygen atoms in total. The summed E-state index contributed by atoms with van der Waals surface area (Å²) in [6, 6.07) is 9.78. The van der Waals surface area contributed by atoms with Gasteiger partial charge in [0.05, 0.1) is 17.3 Å².